The first kappa shape index (κ1) is 13.6. The molecule has 1 aliphatic rings. The van der Waals surface area contributed by atoms with E-state index in [-0.39, 0.29) is 20.3 Å². The predicted octanol–water partition coefficient (Wildman–Crippen LogP) is -1.05. The minimum absolute atomic E-state index is 0. The molecule has 1 aliphatic heterocycles. The van der Waals surface area contributed by atoms with E-state index in [0.29, 0.717) is 0 Å². The van der Waals surface area contributed by atoms with Gasteiger partial charge in [0, 0.05) is 6.42 Å². The van der Waals surface area contributed by atoms with Crippen LogP contribution in [0.1, 0.15) is 7.85 Å². The van der Waals surface area contributed by atoms with E-state index in [0.717, 1.165) is 0 Å². The Morgan fingerprint density at radius 3 is 1.93 bits per heavy atom. The smallest absolute Gasteiger partial charge is 1.00 e. The fourth-order valence-corrected chi connectivity index (χ4v) is 0.809. The largest absolute Gasteiger partial charge is 1.00 e. The van der Waals surface area contributed by atoms with E-state index in [9.17, 15) is 26.3 Å². The average molecular weight is 214 g/mol. The maximum atomic E-state index is 11.8. The molecule has 0 saturated heterocycles. The van der Waals surface area contributed by atoms with Crippen LogP contribution in [0.3, 0.4) is 0 Å². The molecule has 1 atom stereocenters. The predicted molar refractivity (Wildman–Crippen MR) is 32.2 cm³/mol. The molecule has 0 aromatic carbocycles. The van der Waals surface area contributed by atoms with Gasteiger partial charge in [0.25, 0.3) is 0 Å². The van der Waals surface area contributed by atoms with Crippen LogP contribution in [-0.4, -0.2) is 24.1 Å². The summed E-state index contributed by atoms with van der Waals surface area (Å²) in [4.78, 5) is 0. The van der Waals surface area contributed by atoms with Crippen LogP contribution in [0.4, 0.5) is 26.3 Å². The molecule has 0 aromatic rings. The van der Waals surface area contributed by atoms with Crippen LogP contribution >= 0.6 is 0 Å². The van der Waals surface area contributed by atoms with Crippen LogP contribution in [0.25, 0.3) is 0 Å². The van der Waals surface area contributed by atoms with Gasteiger partial charge in [0.05, 0.1) is 0 Å². The molecule has 0 saturated carbocycles. The molecule has 0 amide bonds. The van der Waals surface area contributed by atoms with Crippen molar-refractivity contribution in [1.29, 1.82) is 0 Å². The van der Waals surface area contributed by atoms with Crippen LogP contribution in [0.5, 0.6) is 0 Å². The first-order chi connectivity index (χ1) is 5.71. The van der Waals surface area contributed by atoms with Crippen LogP contribution in [0.2, 0.25) is 0 Å². The van der Waals surface area contributed by atoms with Crippen molar-refractivity contribution in [3.63, 3.8) is 0 Å². The van der Waals surface area contributed by atoms with E-state index in [1.54, 1.807) is 0 Å². The summed E-state index contributed by atoms with van der Waals surface area (Å²) in [6.07, 6.45) is -10.6. The van der Waals surface area contributed by atoms with Crippen LogP contribution in [-0.2, 0) is 0 Å². The Bertz CT molecular complexity index is 237. The summed E-state index contributed by atoms with van der Waals surface area (Å²) in [5.74, 6) is 0. The van der Waals surface area contributed by atoms with E-state index in [2.05, 4.69) is 5.10 Å². The number of rotatable bonds is 0. The quantitative estimate of drug-likeness (QED) is 0.403. The van der Waals surface area contributed by atoms with Crippen LogP contribution in [0, 0.1) is 0 Å². The molecular formula is C5H5F6LiN2. The molecule has 78 valence electrons. The number of nitrogens with one attached hydrogen (secondary N) is 1. The van der Waals surface area contributed by atoms with E-state index in [4.69, 9.17) is 0 Å². The van der Waals surface area contributed by atoms with Crippen molar-refractivity contribution < 1.29 is 46.6 Å². The maximum Gasteiger partial charge on any atom is 1.00 e. The zero-order chi connectivity index (χ0) is 10.3. The summed E-state index contributed by atoms with van der Waals surface area (Å²) in [6.45, 7) is 0. The second-order valence-corrected chi connectivity index (χ2v) is 2.48. The third-order valence-electron chi connectivity index (χ3n) is 1.48. The summed E-state index contributed by atoms with van der Waals surface area (Å²) in [5.41, 5.74) is -0.0253. The van der Waals surface area contributed by atoms with Crippen molar-refractivity contribution in [3.8, 4) is 0 Å². The summed E-state index contributed by atoms with van der Waals surface area (Å²) >= 11 is 0. The van der Waals surface area contributed by atoms with Crippen molar-refractivity contribution in [1.82, 2.24) is 5.43 Å². The minimum atomic E-state index is -4.78. The van der Waals surface area contributed by atoms with Gasteiger partial charge in [-0.05, 0) is 0 Å². The van der Waals surface area contributed by atoms with E-state index >= 15 is 0 Å². The molecule has 1 unspecified atom stereocenters. The van der Waals surface area contributed by atoms with Crippen molar-refractivity contribution >= 4 is 5.71 Å². The monoisotopic (exact) mass is 214 g/mol. The molecule has 0 aromatic heterocycles. The Labute approximate surface area is 88.4 Å². The second kappa shape index (κ2) is 4.02. The molecule has 0 radical (unpaired) electrons. The molecule has 9 heteroatoms. The zero-order valence-corrected chi connectivity index (χ0v) is 7.00. The maximum absolute atomic E-state index is 11.8. The molecule has 2 nitrogen and oxygen atoms in total. The minimum Gasteiger partial charge on any atom is -1.00 e. The summed E-state index contributed by atoms with van der Waals surface area (Å²) in [6, 6.07) is -2.22. The number of hydrogen-bond acceptors (Lipinski definition) is 2. The fraction of sp³-hybridized carbons (Fsp3) is 0.800. The molecule has 0 aliphatic carbocycles. The van der Waals surface area contributed by atoms with Gasteiger partial charge in [-0.15, -0.1) is 0 Å². The van der Waals surface area contributed by atoms with Crippen molar-refractivity contribution in [2.45, 2.75) is 24.8 Å². The average Bonchev–Trinajstić information content (AvgIpc) is 2.28. The number of hydrogen-bond donors (Lipinski definition) is 1. The Morgan fingerprint density at radius 1 is 1.21 bits per heavy atom. The fourth-order valence-electron chi connectivity index (χ4n) is 0.809. The standard InChI is InChI=1S/C5H4F6N2.Li.H/c6-4(7,8)2-1-3(13-12-2)5(9,10)11;;/h2,12H,1H2;;/q;+1;-1. The molecule has 1 heterocycles. The van der Waals surface area contributed by atoms with Gasteiger partial charge in [-0.3, -0.25) is 5.43 Å². The number of halogens is 6. The topological polar surface area (TPSA) is 24.4 Å². The van der Waals surface area contributed by atoms with Crippen molar-refractivity contribution in [2.24, 2.45) is 5.10 Å². The third kappa shape index (κ3) is 3.10. The van der Waals surface area contributed by atoms with Gasteiger partial charge in [0.15, 0.2) is 0 Å². The first-order valence-corrected chi connectivity index (χ1v) is 3.17. The Morgan fingerprint density at radius 2 is 1.71 bits per heavy atom. The molecule has 1 N–H and O–H groups in total. The van der Waals surface area contributed by atoms with Gasteiger partial charge >= 0.3 is 31.2 Å². The normalized spacial score (nSPS) is 22.4. The molecule has 0 fully saturated rings. The molecule has 1 rings (SSSR count). The van der Waals surface area contributed by atoms with Crippen molar-refractivity contribution in [2.75, 3.05) is 0 Å². The molecule has 0 spiro atoms. The number of nitrogens with zero attached hydrogens (tertiary/aromatic N) is 1. The van der Waals surface area contributed by atoms with Crippen molar-refractivity contribution in [3.05, 3.63) is 0 Å². The zero-order valence-electron chi connectivity index (χ0n) is 8.00. The first-order valence-electron chi connectivity index (χ1n) is 3.17. The van der Waals surface area contributed by atoms with E-state index in [1.807, 2.05) is 0 Å². The van der Waals surface area contributed by atoms with Crippen LogP contribution < -0.4 is 24.3 Å². The second-order valence-electron chi connectivity index (χ2n) is 2.48. The summed E-state index contributed by atoms with van der Waals surface area (Å²) in [5, 5.41) is 2.58. The van der Waals surface area contributed by atoms with E-state index in [1.165, 1.54) is 5.43 Å². The van der Waals surface area contributed by atoms with Gasteiger partial charge < -0.3 is 1.43 Å². The van der Waals surface area contributed by atoms with Gasteiger partial charge in [-0.2, -0.15) is 31.4 Å². The van der Waals surface area contributed by atoms with Gasteiger partial charge in [0.1, 0.15) is 11.8 Å². The Balaban J connectivity index is 0. The van der Waals surface area contributed by atoms with E-state index < -0.39 is 30.5 Å². The Kier molecular flexibility index (Phi) is 3.92. The molecular weight excluding hydrogens is 209 g/mol. The van der Waals surface area contributed by atoms with Crippen LogP contribution in [0.15, 0.2) is 5.10 Å². The molecule has 14 heavy (non-hydrogen) atoms. The van der Waals surface area contributed by atoms with Gasteiger partial charge in [-0.25, -0.2) is 0 Å². The number of hydrazone groups is 1. The number of alkyl halides is 6. The third-order valence-corrected chi connectivity index (χ3v) is 1.48. The molecule has 0 bridgehead atoms. The van der Waals surface area contributed by atoms with Gasteiger partial charge in [0.2, 0.25) is 0 Å². The Hall–Kier alpha value is -0.353. The van der Waals surface area contributed by atoms with Gasteiger partial charge in [-0.1, -0.05) is 0 Å². The summed E-state index contributed by atoms with van der Waals surface area (Å²) in [7, 11) is 0. The summed E-state index contributed by atoms with van der Waals surface area (Å²) < 4.78 is 70.8. The SMILES string of the molecule is FC(F)(F)C1=NNC(C(F)(F)F)C1.[H-].[Li+].